The van der Waals surface area contributed by atoms with Crippen LogP contribution >= 0.6 is 11.6 Å². The molecule has 0 spiro atoms. The van der Waals surface area contributed by atoms with Crippen LogP contribution in [0.5, 0.6) is 11.5 Å². The fourth-order valence-electron chi connectivity index (χ4n) is 2.91. The number of rotatable bonds is 6. The van der Waals surface area contributed by atoms with Gasteiger partial charge in [-0.2, -0.15) is 0 Å². The maximum Gasteiger partial charge on any atom is 0.220 e. The van der Waals surface area contributed by atoms with Crippen LogP contribution in [0.2, 0.25) is 5.02 Å². The van der Waals surface area contributed by atoms with Crippen molar-refractivity contribution in [1.82, 2.24) is 5.32 Å². The van der Waals surface area contributed by atoms with Gasteiger partial charge in [0.05, 0.1) is 6.04 Å². The van der Waals surface area contributed by atoms with Crippen LogP contribution < -0.4 is 14.8 Å². The number of hydrogen-bond donors (Lipinski definition) is 1. The first-order valence-corrected chi connectivity index (χ1v) is 8.97. The summed E-state index contributed by atoms with van der Waals surface area (Å²) >= 11 is 6.15. The number of amides is 1. The fourth-order valence-corrected chi connectivity index (χ4v) is 3.14. The summed E-state index contributed by atoms with van der Waals surface area (Å²) in [5.41, 5.74) is 2.02. The van der Waals surface area contributed by atoms with E-state index < -0.39 is 0 Å². The Bertz CT molecular complexity index is 747. The maximum atomic E-state index is 12.3. The second-order valence-corrected chi connectivity index (χ2v) is 6.43. The van der Waals surface area contributed by atoms with E-state index >= 15 is 0 Å². The largest absolute Gasteiger partial charge is 0.486 e. The van der Waals surface area contributed by atoms with Gasteiger partial charge in [0.15, 0.2) is 11.5 Å². The lowest BCUT2D eigenvalue weighted by atomic mass is 10.0. The highest BCUT2D eigenvalue weighted by molar-refractivity contribution is 6.31. The van der Waals surface area contributed by atoms with Crippen molar-refractivity contribution < 1.29 is 14.3 Å². The van der Waals surface area contributed by atoms with Crippen LogP contribution in [0, 0.1) is 0 Å². The number of fused-ring (bicyclic) bond motifs is 1. The number of hydrogen-bond acceptors (Lipinski definition) is 3. The molecular formula is C20H22ClNO3. The van der Waals surface area contributed by atoms with E-state index in [-0.39, 0.29) is 11.9 Å². The molecule has 5 heteroatoms. The minimum Gasteiger partial charge on any atom is -0.486 e. The van der Waals surface area contributed by atoms with Crippen molar-refractivity contribution in [3.05, 3.63) is 58.6 Å². The van der Waals surface area contributed by atoms with Gasteiger partial charge in [0, 0.05) is 11.4 Å². The highest BCUT2D eigenvalue weighted by Crippen LogP contribution is 2.33. The van der Waals surface area contributed by atoms with Gasteiger partial charge in [-0.15, -0.1) is 0 Å². The number of carbonyl (C=O) groups is 1. The summed E-state index contributed by atoms with van der Waals surface area (Å²) in [6.45, 7) is 3.18. The molecule has 3 rings (SSSR count). The Balaban J connectivity index is 1.61. The zero-order valence-electron chi connectivity index (χ0n) is 14.3. The van der Waals surface area contributed by atoms with Crippen molar-refractivity contribution in [2.45, 2.75) is 32.2 Å². The second kappa shape index (κ2) is 8.26. The average Bonchev–Trinajstić information content (AvgIpc) is 2.65. The Labute approximate surface area is 153 Å². The summed E-state index contributed by atoms with van der Waals surface area (Å²) in [7, 11) is 0. The van der Waals surface area contributed by atoms with Crippen LogP contribution in [0.4, 0.5) is 0 Å². The molecule has 1 N–H and O–H groups in total. The molecule has 0 aliphatic carbocycles. The van der Waals surface area contributed by atoms with E-state index in [4.69, 9.17) is 21.1 Å². The summed E-state index contributed by atoms with van der Waals surface area (Å²) in [5, 5.41) is 3.80. The quantitative estimate of drug-likeness (QED) is 0.836. The van der Waals surface area contributed by atoms with Crippen LogP contribution in [0.15, 0.2) is 42.5 Å². The summed E-state index contributed by atoms with van der Waals surface area (Å²) < 4.78 is 11.2. The van der Waals surface area contributed by atoms with E-state index in [1.54, 1.807) is 0 Å². The predicted octanol–water partition coefficient (Wildman–Crippen LogP) is 4.31. The molecule has 1 amide bonds. The van der Waals surface area contributed by atoms with Gasteiger partial charge in [0.1, 0.15) is 13.2 Å². The van der Waals surface area contributed by atoms with Gasteiger partial charge in [-0.1, -0.05) is 42.8 Å². The molecule has 2 aromatic carbocycles. The molecule has 132 valence electrons. The van der Waals surface area contributed by atoms with Crippen molar-refractivity contribution in [2.75, 3.05) is 13.2 Å². The van der Waals surface area contributed by atoms with Crippen LogP contribution in [-0.2, 0) is 11.2 Å². The average molecular weight is 360 g/mol. The first-order valence-electron chi connectivity index (χ1n) is 8.59. The van der Waals surface area contributed by atoms with Gasteiger partial charge < -0.3 is 14.8 Å². The van der Waals surface area contributed by atoms with Gasteiger partial charge in [-0.05, 0) is 42.2 Å². The Hall–Kier alpha value is -2.20. The molecular weight excluding hydrogens is 338 g/mol. The molecule has 0 aromatic heterocycles. The maximum absolute atomic E-state index is 12.3. The SMILES string of the molecule is CCC(NC(=O)CCc1ccccc1Cl)c1ccc2c(c1)OCCO2. The smallest absolute Gasteiger partial charge is 0.220 e. The summed E-state index contributed by atoms with van der Waals surface area (Å²) in [4.78, 5) is 12.3. The van der Waals surface area contributed by atoms with E-state index in [0.29, 0.717) is 31.1 Å². The zero-order valence-corrected chi connectivity index (χ0v) is 15.0. The molecule has 1 aliphatic heterocycles. The first kappa shape index (κ1) is 17.6. The third-order valence-corrected chi connectivity index (χ3v) is 4.66. The third kappa shape index (κ3) is 4.45. The van der Waals surface area contributed by atoms with E-state index in [0.717, 1.165) is 29.0 Å². The lowest BCUT2D eigenvalue weighted by Crippen LogP contribution is -2.28. The van der Waals surface area contributed by atoms with Crippen molar-refractivity contribution in [2.24, 2.45) is 0 Å². The van der Waals surface area contributed by atoms with E-state index in [1.807, 2.05) is 42.5 Å². The zero-order chi connectivity index (χ0) is 17.6. The molecule has 1 aliphatic rings. The van der Waals surface area contributed by atoms with Crippen LogP contribution in [0.3, 0.4) is 0 Å². The molecule has 2 aromatic rings. The van der Waals surface area contributed by atoms with Gasteiger partial charge >= 0.3 is 0 Å². The predicted molar refractivity (Wildman–Crippen MR) is 98.4 cm³/mol. The molecule has 0 radical (unpaired) electrons. The van der Waals surface area contributed by atoms with E-state index in [9.17, 15) is 4.79 Å². The monoisotopic (exact) mass is 359 g/mol. The molecule has 1 atom stereocenters. The number of aryl methyl sites for hydroxylation is 1. The Morgan fingerprint density at radius 1 is 1.16 bits per heavy atom. The molecule has 0 saturated carbocycles. The Morgan fingerprint density at radius 3 is 2.68 bits per heavy atom. The van der Waals surface area contributed by atoms with Crippen LogP contribution in [0.1, 0.15) is 36.9 Å². The van der Waals surface area contributed by atoms with Crippen molar-refractivity contribution in [3.8, 4) is 11.5 Å². The minimum atomic E-state index is -0.0467. The highest BCUT2D eigenvalue weighted by Gasteiger charge is 2.17. The second-order valence-electron chi connectivity index (χ2n) is 6.02. The fraction of sp³-hybridized carbons (Fsp3) is 0.350. The number of ether oxygens (including phenoxy) is 2. The summed E-state index contributed by atoms with van der Waals surface area (Å²) in [6.07, 6.45) is 1.84. The number of benzene rings is 2. The molecule has 25 heavy (non-hydrogen) atoms. The first-order chi connectivity index (χ1) is 12.2. The molecule has 0 saturated heterocycles. The number of nitrogens with one attached hydrogen (secondary N) is 1. The molecule has 1 unspecified atom stereocenters. The highest BCUT2D eigenvalue weighted by atomic mass is 35.5. The van der Waals surface area contributed by atoms with Gasteiger partial charge in [-0.25, -0.2) is 0 Å². The van der Waals surface area contributed by atoms with Gasteiger partial charge in [0.2, 0.25) is 5.91 Å². The van der Waals surface area contributed by atoms with E-state index in [1.165, 1.54) is 0 Å². The van der Waals surface area contributed by atoms with Crippen molar-refractivity contribution in [3.63, 3.8) is 0 Å². The van der Waals surface area contributed by atoms with Crippen LogP contribution in [0.25, 0.3) is 0 Å². The third-order valence-electron chi connectivity index (χ3n) is 4.29. The van der Waals surface area contributed by atoms with Crippen LogP contribution in [-0.4, -0.2) is 19.1 Å². The lowest BCUT2D eigenvalue weighted by molar-refractivity contribution is -0.121. The summed E-state index contributed by atoms with van der Waals surface area (Å²) in [6, 6.07) is 13.4. The van der Waals surface area contributed by atoms with E-state index in [2.05, 4.69) is 12.2 Å². The van der Waals surface area contributed by atoms with Crippen molar-refractivity contribution in [1.29, 1.82) is 0 Å². The standard InChI is InChI=1S/C20H22ClNO3/c1-2-17(15-7-9-18-19(13-15)25-12-11-24-18)22-20(23)10-8-14-5-3-4-6-16(14)21/h3-7,9,13,17H,2,8,10-12H2,1H3,(H,22,23). The Morgan fingerprint density at radius 2 is 1.92 bits per heavy atom. The summed E-state index contributed by atoms with van der Waals surface area (Å²) in [5.74, 6) is 1.52. The number of halogens is 1. The van der Waals surface area contributed by atoms with Crippen molar-refractivity contribution >= 4 is 17.5 Å². The van der Waals surface area contributed by atoms with Gasteiger partial charge in [0.25, 0.3) is 0 Å². The molecule has 0 bridgehead atoms. The van der Waals surface area contributed by atoms with Gasteiger partial charge in [-0.3, -0.25) is 4.79 Å². The Kier molecular flexibility index (Phi) is 5.82. The normalized spacial score (nSPS) is 14.0. The minimum absolute atomic E-state index is 0.0154. The molecule has 0 fully saturated rings. The number of carbonyl (C=O) groups excluding carboxylic acids is 1. The lowest BCUT2D eigenvalue weighted by Gasteiger charge is -2.22. The topological polar surface area (TPSA) is 47.6 Å². The molecule has 1 heterocycles. The molecule has 4 nitrogen and oxygen atoms in total.